The summed E-state index contributed by atoms with van der Waals surface area (Å²) in [5.41, 5.74) is 1.18. The van der Waals surface area contributed by atoms with E-state index in [1.54, 1.807) is 12.3 Å². The molecular formula is C9H14BrNO2. The summed E-state index contributed by atoms with van der Waals surface area (Å²) < 4.78 is 0.804. The van der Waals surface area contributed by atoms with Crippen molar-refractivity contribution in [1.29, 1.82) is 0 Å². The first kappa shape index (κ1) is 12.6. The fraction of sp³-hybridized carbons (Fsp3) is 0.444. The highest BCUT2D eigenvalue weighted by Crippen LogP contribution is 2.13. The molecule has 0 bridgehead atoms. The Labute approximate surface area is 86.6 Å². The predicted molar refractivity (Wildman–Crippen MR) is 55.1 cm³/mol. The number of aliphatic hydroxyl groups excluding tert-OH is 2. The Morgan fingerprint density at radius 2 is 1.92 bits per heavy atom. The van der Waals surface area contributed by atoms with E-state index in [-0.39, 0.29) is 13.2 Å². The van der Waals surface area contributed by atoms with E-state index in [0.29, 0.717) is 11.3 Å². The molecule has 1 aromatic rings. The molecule has 1 aromatic heterocycles. The van der Waals surface area contributed by atoms with Gasteiger partial charge in [-0.25, -0.2) is 0 Å². The average molecular weight is 248 g/mol. The number of pyridine rings is 1. The zero-order valence-corrected chi connectivity index (χ0v) is 9.37. The molecule has 2 N–H and O–H groups in total. The number of halogens is 1. The lowest BCUT2D eigenvalue weighted by Crippen LogP contribution is -1.96. The molecule has 0 aromatic carbocycles. The Balaban J connectivity index is 0.000000671. The van der Waals surface area contributed by atoms with Gasteiger partial charge in [0.05, 0.1) is 18.9 Å². The van der Waals surface area contributed by atoms with Gasteiger partial charge in [-0.3, -0.25) is 4.98 Å². The lowest BCUT2D eigenvalue weighted by molar-refractivity contribution is 0.255. The van der Waals surface area contributed by atoms with Crippen molar-refractivity contribution in [3.8, 4) is 0 Å². The molecule has 0 spiro atoms. The molecule has 4 heteroatoms. The molecule has 0 saturated heterocycles. The summed E-state index contributed by atoms with van der Waals surface area (Å²) in [6.07, 6.45) is 1.59. The van der Waals surface area contributed by atoms with Crippen molar-refractivity contribution in [1.82, 2.24) is 4.98 Å². The molecular weight excluding hydrogens is 234 g/mol. The van der Waals surface area contributed by atoms with Gasteiger partial charge in [-0.1, -0.05) is 13.8 Å². The maximum atomic E-state index is 8.80. The van der Waals surface area contributed by atoms with E-state index in [2.05, 4.69) is 20.9 Å². The molecule has 0 saturated carbocycles. The fourth-order valence-electron chi connectivity index (χ4n) is 0.789. The minimum absolute atomic E-state index is 0.0949. The lowest BCUT2D eigenvalue weighted by Gasteiger charge is -2.02. The van der Waals surface area contributed by atoms with Crippen LogP contribution in [0.1, 0.15) is 25.1 Å². The molecule has 1 heterocycles. The smallest absolute Gasteiger partial charge is 0.0856 e. The lowest BCUT2D eigenvalue weighted by atomic mass is 10.2. The van der Waals surface area contributed by atoms with Crippen LogP contribution >= 0.6 is 15.9 Å². The van der Waals surface area contributed by atoms with Crippen molar-refractivity contribution in [3.63, 3.8) is 0 Å². The summed E-state index contributed by atoms with van der Waals surface area (Å²) in [7, 11) is 0. The SMILES string of the molecule is CC.OCc1cc(Br)cnc1CO. The van der Waals surface area contributed by atoms with E-state index < -0.39 is 0 Å². The highest BCUT2D eigenvalue weighted by atomic mass is 79.9. The van der Waals surface area contributed by atoms with Crippen molar-refractivity contribution < 1.29 is 10.2 Å². The van der Waals surface area contributed by atoms with Crippen molar-refractivity contribution in [2.45, 2.75) is 27.1 Å². The van der Waals surface area contributed by atoms with Crippen LogP contribution < -0.4 is 0 Å². The molecule has 74 valence electrons. The minimum Gasteiger partial charge on any atom is -0.392 e. The summed E-state index contributed by atoms with van der Waals surface area (Å²) in [5, 5.41) is 17.6. The van der Waals surface area contributed by atoms with Gasteiger partial charge in [-0.2, -0.15) is 0 Å². The average Bonchev–Trinajstić information content (AvgIpc) is 2.20. The molecule has 1 rings (SSSR count). The molecule has 0 unspecified atom stereocenters. The van der Waals surface area contributed by atoms with Crippen LogP contribution in [0.25, 0.3) is 0 Å². The van der Waals surface area contributed by atoms with Gasteiger partial charge in [0.15, 0.2) is 0 Å². The Morgan fingerprint density at radius 1 is 1.31 bits per heavy atom. The summed E-state index contributed by atoms with van der Waals surface area (Å²) in [4.78, 5) is 3.91. The molecule has 13 heavy (non-hydrogen) atoms. The van der Waals surface area contributed by atoms with Gasteiger partial charge >= 0.3 is 0 Å². The van der Waals surface area contributed by atoms with Crippen LogP contribution in [0.5, 0.6) is 0 Å². The Hall–Kier alpha value is -0.450. The molecule has 3 nitrogen and oxygen atoms in total. The highest BCUT2D eigenvalue weighted by molar-refractivity contribution is 9.10. The maximum Gasteiger partial charge on any atom is 0.0856 e. The molecule has 0 amide bonds. The van der Waals surface area contributed by atoms with Crippen LogP contribution in [0, 0.1) is 0 Å². The molecule has 0 radical (unpaired) electrons. The molecule has 0 aliphatic rings. The number of aliphatic hydroxyl groups is 2. The Morgan fingerprint density at radius 3 is 2.38 bits per heavy atom. The van der Waals surface area contributed by atoms with Crippen molar-refractivity contribution in [3.05, 3.63) is 28.0 Å². The van der Waals surface area contributed by atoms with Crippen molar-refractivity contribution in [2.24, 2.45) is 0 Å². The number of aromatic nitrogens is 1. The third kappa shape index (κ3) is 3.85. The zero-order valence-electron chi connectivity index (χ0n) is 7.79. The van der Waals surface area contributed by atoms with E-state index in [9.17, 15) is 0 Å². The standard InChI is InChI=1S/C7H8BrNO2.C2H6/c8-6-1-5(3-10)7(4-11)9-2-6;1-2/h1-2,10-11H,3-4H2;1-2H3. The minimum atomic E-state index is -0.136. The second-order valence-corrected chi connectivity index (χ2v) is 2.99. The summed E-state index contributed by atoms with van der Waals surface area (Å²) in [5.74, 6) is 0. The second kappa shape index (κ2) is 7.00. The van der Waals surface area contributed by atoms with E-state index in [4.69, 9.17) is 10.2 Å². The third-order valence-electron chi connectivity index (χ3n) is 1.35. The number of rotatable bonds is 2. The molecule has 0 atom stereocenters. The monoisotopic (exact) mass is 247 g/mol. The van der Waals surface area contributed by atoms with Gasteiger partial charge in [0.1, 0.15) is 0 Å². The van der Waals surface area contributed by atoms with Crippen LogP contribution in [0.15, 0.2) is 16.7 Å². The van der Waals surface area contributed by atoms with Crippen LogP contribution in [-0.4, -0.2) is 15.2 Å². The first-order valence-electron chi connectivity index (χ1n) is 4.13. The van der Waals surface area contributed by atoms with Gasteiger partial charge in [0.25, 0.3) is 0 Å². The topological polar surface area (TPSA) is 53.4 Å². The van der Waals surface area contributed by atoms with E-state index >= 15 is 0 Å². The van der Waals surface area contributed by atoms with Gasteiger partial charge in [0, 0.05) is 16.2 Å². The van der Waals surface area contributed by atoms with Crippen molar-refractivity contribution in [2.75, 3.05) is 0 Å². The van der Waals surface area contributed by atoms with E-state index in [1.807, 2.05) is 13.8 Å². The first-order chi connectivity index (χ1) is 6.27. The third-order valence-corrected chi connectivity index (χ3v) is 1.78. The Kier molecular flexibility index (Phi) is 6.76. The largest absolute Gasteiger partial charge is 0.392 e. The molecule has 0 aliphatic heterocycles. The first-order valence-corrected chi connectivity index (χ1v) is 4.92. The van der Waals surface area contributed by atoms with Crippen LogP contribution in [-0.2, 0) is 13.2 Å². The molecule has 0 fully saturated rings. The quantitative estimate of drug-likeness (QED) is 0.839. The summed E-state index contributed by atoms with van der Waals surface area (Å²) in [6, 6.07) is 1.73. The fourth-order valence-corrected chi connectivity index (χ4v) is 1.17. The van der Waals surface area contributed by atoms with E-state index in [1.165, 1.54) is 0 Å². The number of hydrogen-bond acceptors (Lipinski definition) is 3. The normalized spacial score (nSPS) is 9.00. The van der Waals surface area contributed by atoms with Crippen LogP contribution in [0.3, 0.4) is 0 Å². The number of hydrogen-bond donors (Lipinski definition) is 2. The van der Waals surface area contributed by atoms with Gasteiger partial charge in [0.2, 0.25) is 0 Å². The zero-order chi connectivity index (χ0) is 10.3. The maximum absolute atomic E-state index is 8.80. The molecule has 0 aliphatic carbocycles. The summed E-state index contributed by atoms with van der Waals surface area (Å²) in [6.45, 7) is 3.77. The second-order valence-electron chi connectivity index (χ2n) is 2.08. The summed E-state index contributed by atoms with van der Waals surface area (Å²) >= 11 is 3.21. The number of nitrogens with zero attached hydrogens (tertiary/aromatic N) is 1. The van der Waals surface area contributed by atoms with Crippen LogP contribution in [0.2, 0.25) is 0 Å². The van der Waals surface area contributed by atoms with Gasteiger partial charge < -0.3 is 10.2 Å². The van der Waals surface area contributed by atoms with Gasteiger partial charge in [-0.05, 0) is 22.0 Å². The van der Waals surface area contributed by atoms with Gasteiger partial charge in [-0.15, -0.1) is 0 Å². The van der Waals surface area contributed by atoms with E-state index in [0.717, 1.165) is 4.47 Å². The Bertz CT molecular complexity index is 253. The predicted octanol–water partition coefficient (Wildman–Crippen LogP) is 1.85. The van der Waals surface area contributed by atoms with Crippen molar-refractivity contribution >= 4 is 15.9 Å². The highest BCUT2D eigenvalue weighted by Gasteiger charge is 2.01. The van der Waals surface area contributed by atoms with Crippen LogP contribution in [0.4, 0.5) is 0 Å².